The largest absolute Gasteiger partial charge is 0.332 e. The molecule has 3 aromatic rings. The summed E-state index contributed by atoms with van der Waals surface area (Å²) >= 11 is 0. The number of carbonyl (C=O) groups is 1. The fraction of sp³-hybridized carbons (Fsp3) is 0.211. The van der Waals surface area contributed by atoms with Gasteiger partial charge in [-0.25, -0.2) is 14.4 Å². The first-order valence-electron chi connectivity index (χ1n) is 8.23. The lowest BCUT2D eigenvalue weighted by Crippen LogP contribution is -2.30. The lowest BCUT2D eigenvalue weighted by molar-refractivity contribution is 0.0735. The van der Waals surface area contributed by atoms with Crippen molar-refractivity contribution in [1.82, 2.24) is 19.4 Å². The van der Waals surface area contributed by atoms with E-state index in [4.69, 9.17) is 0 Å². The zero-order chi connectivity index (χ0) is 17.2. The second-order valence-corrected chi connectivity index (χ2v) is 6.09. The van der Waals surface area contributed by atoms with Gasteiger partial charge >= 0.3 is 0 Å². The Morgan fingerprint density at radius 3 is 2.88 bits per heavy atom. The molecule has 1 aromatic carbocycles. The molecule has 4 rings (SSSR count). The minimum atomic E-state index is -0.275. The van der Waals surface area contributed by atoms with Crippen molar-refractivity contribution in [3.05, 3.63) is 78.3 Å². The predicted molar refractivity (Wildman–Crippen MR) is 90.8 cm³/mol. The number of carbonyl (C=O) groups excluding carboxylic acids is 1. The van der Waals surface area contributed by atoms with E-state index in [0.29, 0.717) is 17.9 Å². The van der Waals surface area contributed by atoms with Crippen molar-refractivity contribution in [2.45, 2.75) is 18.9 Å². The highest BCUT2D eigenvalue weighted by molar-refractivity contribution is 5.94. The van der Waals surface area contributed by atoms with Crippen LogP contribution in [0, 0.1) is 5.82 Å². The first-order chi connectivity index (χ1) is 12.2. The second kappa shape index (κ2) is 6.47. The number of aromatic nitrogens is 3. The molecule has 0 radical (unpaired) electrons. The van der Waals surface area contributed by atoms with Crippen molar-refractivity contribution < 1.29 is 9.18 Å². The molecular formula is C19H17FN4O. The molecule has 3 heterocycles. The van der Waals surface area contributed by atoms with Crippen LogP contribution in [0.5, 0.6) is 0 Å². The zero-order valence-electron chi connectivity index (χ0n) is 13.5. The van der Waals surface area contributed by atoms with E-state index in [1.165, 1.54) is 12.1 Å². The van der Waals surface area contributed by atoms with Crippen molar-refractivity contribution in [3.8, 4) is 5.82 Å². The predicted octanol–water partition coefficient (Wildman–Crippen LogP) is 3.38. The van der Waals surface area contributed by atoms with E-state index in [9.17, 15) is 9.18 Å². The van der Waals surface area contributed by atoms with Gasteiger partial charge in [0, 0.05) is 25.1 Å². The van der Waals surface area contributed by atoms with Crippen LogP contribution in [0.2, 0.25) is 0 Å². The number of hydrogen-bond acceptors (Lipinski definition) is 3. The molecule has 0 N–H and O–H groups in total. The summed E-state index contributed by atoms with van der Waals surface area (Å²) in [5, 5.41) is 0. The number of nitrogens with zero attached hydrogens (tertiary/aromatic N) is 4. The number of halogens is 1. The average Bonchev–Trinajstić information content (AvgIpc) is 3.33. The standard InChI is InChI=1S/C19H17FN4O/c20-16-4-1-3-14(11-16)17-5-2-9-24(17)19(25)15-6-7-18(22-12-15)23-10-8-21-13-23/h1,3-4,6-8,10-13,17H,2,5,9H2/t17-/m1/s1. The van der Waals surface area contributed by atoms with E-state index in [2.05, 4.69) is 9.97 Å². The molecule has 1 atom stereocenters. The molecule has 0 unspecified atom stereocenters. The Morgan fingerprint density at radius 1 is 1.24 bits per heavy atom. The van der Waals surface area contributed by atoms with Gasteiger partial charge in [0.15, 0.2) is 0 Å². The summed E-state index contributed by atoms with van der Waals surface area (Å²) in [6.45, 7) is 0.670. The normalized spacial score (nSPS) is 17.0. The van der Waals surface area contributed by atoms with E-state index in [1.807, 2.05) is 11.0 Å². The Kier molecular flexibility index (Phi) is 4.01. The Morgan fingerprint density at radius 2 is 2.16 bits per heavy atom. The van der Waals surface area contributed by atoms with Crippen LogP contribution in [0.1, 0.15) is 34.8 Å². The number of benzene rings is 1. The summed E-state index contributed by atoms with van der Waals surface area (Å²) < 4.78 is 15.3. The van der Waals surface area contributed by atoms with E-state index >= 15 is 0 Å². The average molecular weight is 336 g/mol. The molecule has 1 fully saturated rings. The molecule has 0 spiro atoms. The van der Waals surface area contributed by atoms with Gasteiger partial charge in [-0.1, -0.05) is 12.1 Å². The highest BCUT2D eigenvalue weighted by Crippen LogP contribution is 2.33. The fourth-order valence-corrected chi connectivity index (χ4v) is 3.30. The van der Waals surface area contributed by atoms with Gasteiger partial charge in [-0.3, -0.25) is 9.36 Å². The maximum absolute atomic E-state index is 13.5. The van der Waals surface area contributed by atoms with Crippen LogP contribution in [-0.2, 0) is 0 Å². The van der Waals surface area contributed by atoms with Crippen molar-refractivity contribution in [1.29, 1.82) is 0 Å². The molecule has 1 aliphatic rings. The zero-order valence-corrected chi connectivity index (χ0v) is 13.5. The highest BCUT2D eigenvalue weighted by Gasteiger charge is 2.30. The van der Waals surface area contributed by atoms with Crippen LogP contribution in [0.4, 0.5) is 4.39 Å². The number of hydrogen-bond donors (Lipinski definition) is 0. The third kappa shape index (κ3) is 3.03. The van der Waals surface area contributed by atoms with Crippen molar-refractivity contribution >= 4 is 5.91 Å². The fourth-order valence-electron chi connectivity index (χ4n) is 3.30. The first kappa shape index (κ1) is 15.5. The lowest BCUT2D eigenvalue weighted by atomic mass is 10.0. The minimum Gasteiger partial charge on any atom is -0.332 e. The summed E-state index contributed by atoms with van der Waals surface area (Å²) in [6.07, 6.45) is 8.46. The molecule has 1 saturated heterocycles. The molecular weight excluding hydrogens is 319 g/mol. The molecule has 126 valence electrons. The van der Waals surface area contributed by atoms with Gasteiger partial charge in [-0.05, 0) is 42.7 Å². The van der Waals surface area contributed by atoms with Crippen molar-refractivity contribution in [3.63, 3.8) is 0 Å². The van der Waals surface area contributed by atoms with Gasteiger partial charge in [0.2, 0.25) is 0 Å². The number of imidazole rings is 1. The van der Waals surface area contributed by atoms with Gasteiger partial charge < -0.3 is 4.90 Å². The summed E-state index contributed by atoms with van der Waals surface area (Å²) in [5.74, 6) is 0.358. The van der Waals surface area contributed by atoms with Gasteiger partial charge in [-0.15, -0.1) is 0 Å². The maximum Gasteiger partial charge on any atom is 0.255 e. The quantitative estimate of drug-likeness (QED) is 0.737. The topological polar surface area (TPSA) is 51.0 Å². The number of pyridine rings is 1. The Labute approximate surface area is 144 Å². The van der Waals surface area contributed by atoms with Gasteiger partial charge in [-0.2, -0.15) is 0 Å². The Hall–Kier alpha value is -3.02. The second-order valence-electron chi connectivity index (χ2n) is 6.09. The lowest BCUT2D eigenvalue weighted by Gasteiger charge is -2.25. The van der Waals surface area contributed by atoms with Gasteiger partial charge in [0.05, 0.1) is 11.6 Å². The number of likely N-dealkylation sites (tertiary alicyclic amines) is 1. The van der Waals surface area contributed by atoms with Crippen LogP contribution < -0.4 is 0 Å². The SMILES string of the molecule is O=C(c1ccc(-n2ccnc2)nc1)N1CCC[C@@H]1c1cccc(F)c1. The number of amides is 1. The van der Waals surface area contributed by atoms with Crippen LogP contribution in [0.25, 0.3) is 5.82 Å². The minimum absolute atomic E-state index is 0.0727. The van der Waals surface area contributed by atoms with Crippen LogP contribution in [0.15, 0.2) is 61.3 Å². The molecule has 6 heteroatoms. The molecule has 0 aliphatic carbocycles. The van der Waals surface area contributed by atoms with Crippen molar-refractivity contribution in [2.24, 2.45) is 0 Å². The van der Waals surface area contributed by atoms with E-state index in [1.54, 1.807) is 47.7 Å². The van der Waals surface area contributed by atoms with Gasteiger partial charge in [0.25, 0.3) is 5.91 Å². The van der Waals surface area contributed by atoms with Crippen molar-refractivity contribution in [2.75, 3.05) is 6.54 Å². The third-order valence-electron chi connectivity index (χ3n) is 4.51. The number of rotatable bonds is 3. The smallest absolute Gasteiger partial charge is 0.255 e. The van der Waals surface area contributed by atoms with E-state index < -0.39 is 0 Å². The third-order valence-corrected chi connectivity index (χ3v) is 4.51. The summed E-state index contributed by atoms with van der Waals surface area (Å²) in [4.78, 5) is 23.0. The summed E-state index contributed by atoms with van der Waals surface area (Å²) in [7, 11) is 0. The van der Waals surface area contributed by atoms with E-state index in [-0.39, 0.29) is 17.8 Å². The Balaban J connectivity index is 1.57. The molecule has 0 bridgehead atoms. The molecule has 1 amide bonds. The summed E-state index contributed by atoms with van der Waals surface area (Å²) in [5.41, 5.74) is 1.38. The highest BCUT2D eigenvalue weighted by atomic mass is 19.1. The molecule has 0 saturated carbocycles. The van der Waals surface area contributed by atoms with E-state index in [0.717, 1.165) is 18.4 Å². The van der Waals surface area contributed by atoms with Gasteiger partial charge in [0.1, 0.15) is 18.0 Å². The van der Waals surface area contributed by atoms with Crippen LogP contribution in [0.3, 0.4) is 0 Å². The monoisotopic (exact) mass is 336 g/mol. The molecule has 5 nitrogen and oxygen atoms in total. The summed E-state index contributed by atoms with van der Waals surface area (Å²) in [6, 6.07) is 9.97. The maximum atomic E-state index is 13.5. The molecule has 2 aromatic heterocycles. The molecule has 25 heavy (non-hydrogen) atoms. The first-order valence-corrected chi connectivity index (χ1v) is 8.23. The Bertz CT molecular complexity index is 877. The van der Waals surface area contributed by atoms with Crippen LogP contribution >= 0.6 is 0 Å². The van der Waals surface area contributed by atoms with Crippen LogP contribution in [-0.4, -0.2) is 31.9 Å². The molecule has 1 aliphatic heterocycles.